The maximum atomic E-state index is 6.28. The number of benzene rings is 1. The van der Waals surface area contributed by atoms with Gasteiger partial charge in [-0.05, 0) is 45.2 Å². The fourth-order valence-corrected chi connectivity index (χ4v) is 2.71. The van der Waals surface area contributed by atoms with E-state index >= 15 is 0 Å². The van der Waals surface area contributed by atoms with Crippen LogP contribution in [0.5, 0.6) is 0 Å². The molecule has 1 heterocycles. The summed E-state index contributed by atoms with van der Waals surface area (Å²) in [6.45, 7) is 7.58. The molecule has 1 aliphatic rings. The summed E-state index contributed by atoms with van der Waals surface area (Å²) in [5, 5.41) is 0. The van der Waals surface area contributed by atoms with Crippen LogP contribution in [-0.2, 0) is 0 Å². The molecule has 2 heteroatoms. The summed E-state index contributed by atoms with van der Waals surface area (Å²) in [5.41, 5.74) is 8.85. The number of hydrogen-bond acceptors (Lipinski definition) is 2. The van der Waals surface area contributed by atoms with Crippen LogP contribution in [0.25, 0.3) is 0 Å². The van der Waals surface area contributed by atoms with E-state index in [-0.39, 0.29) is 5.54 Å². The third-order valence-corrected chi connectivity index (χ3v) is 3.54. The standard InChI is InChI=1S/C14H22N2/c1-11-7-4-5-8-12(11)16-10-6-9-13(16)14(2,3)15/h4-5,7-8,13H,6,9-10,15H2,1-3H3. The second-order valence-electron chi connectivity index (χ2n) is 5.46. The molecule has 0 aliphatic carbocycles. The molecule has 2 N–H and O–H groups in total. The SMILES string of the molecule is Cc1ccccc1N1CCCC1C(C)(C)N. The number of hydrogen-bond donors (Lipinski definition) is 1. The van der Waals surface area contributed by atoms with Gasteiger partial charge in [-0.2, -0.15) is 0 Å². The first-order valence-corrected chi connectivity index (χ1v) is 6.11. The van der Waals surface area contributed by atoms with Gasteiger partial charge in [0.05, 0.1) is 0 Å². The normalized spacial score (nSPS) is 21.5. The van der Waals surface area contributed by atoms with Gasteiger partial charge >= 0.3 is 0 Å². The molecule has 0 aromatic heterocycles. The van der Waals surface area contributed by atoms with Crippen LogP contribution in [0.4, 0.5) is 5.69 Å². The summed E-state index contributed by atoms with van der Waals surface area (Å²) < 4.78 is 0. The summed E-state index contributed by atoms with van der Waals surface area (Å²) in [5.74, 6) is 0. The molecule has 0 radical (unpaired) electrons. The number of nitrogens with zero attached hydrogens (tertiary/aromatic N) is 1. The predicted molar refractivity (Wildman–Crippen MR) is 69.8 cm³/mol. The van der Waals surface area contributed by atoms with Gasteiger partial charge in [0.1, 0.15) is 0 Å². The summed E-state index contributed by atoms with van der Waals surface area (Å²) in [6, 6.07) is 9.06. The number of aryl methyl sites for hydroxylation is 1. The van der Waals surface area contributed by atoms with Crippen molar-refractivity contribution in [2.75, 3.05) is 11.4 Å². The van der Waals surface area contributed by atoms with Crippen molar-refractivity contribution < 1.29 is 0 Å². The van der Waals surface area contributed by atoms with E-state index in [0.29, 0.717) is 6.04 Å². The number of rotatable bonds is 2. The molecule has 1 saturated heterocycles. The van der Waals surface area contributed by atoms with Crippen molar-refractivity contribution in [1.82, 2.24) is 0 Å². The minimum absolute atomic E-state index is 0.126. The van der Waals surface area contributed by atoms with Crippen LogP contribution in [0.1, 0.15) is 32.3 Å². The van der Waals surface area contributed by atoms with E-state index in [1.54, 1.807) is 0 Å². The van der Waals surface area contributed by atoms with Crippen molar-refractivity contribution >= 4 is 5.69 Å². The van der Waals surface area contributed by atoms with Crippen molar-refractivity contribution in [3.8, 4) is 0 Å². The zero-order valence-corrected chi connectivity index (χ0v) is 10.5. The molecule has 0 spiro atoms. The van der Waals surface area contributed by atoms with E-state index in [4.69, 9.17) is 5.73 Å². The third kappa shape index (κ3) is 2.07. The smallest absolute Gasteiger partial charge is 0.0465 e. The Balaban J connectivity index is 2.31. The molecular weight excluding hydrogens is 196 g/mol. The van der Waals surface area contributed by atoms with Gasteiger partial charge in [0, 0.05) is 23.8 Å². The van der Waals surface area contributed by atoms with Crippen LogP contribution in [0.3, 0.4) is 0 Å². The summed E-state index contributed by atoms with van der Waals surface area (Å²) in [7, 11) is 0. The molecule has 2 nitrogen and oxygen atoms in total. The van der Waals surface area contributed by atoms with Crippen molar-refractivity contribution in [2.45, 2.75) is 45.2 Å². The van der Waals surface area contributed by atoms with Crippen molar-refractivity contribution in [3.63, 3.8) is 0 Å². The van der Waals surface area contributed by atoms with Crippen LogP contribution in [0.2, 0.25) is 0 Å². The van der Waals surface area contributed by atoms with Gasteiger partial charge < -0.3 is 10.6 Å². The average Bonchev–Trinajstić information content (AvgIpc) is 2.66. The zero-order valence-electron chi connectivity index (χ0n) is 10.5. The van der Waals surface area contributed by atoms with Crippen LogP contribution in [0.15, 0.2) is 24.3 Å². The van der Waals surface area contributed by atoms with E-state index in [1.165, 1.54) is 24.1 Å². The fraction of sp³-hybridized carbons (Fsp3) is 0.571. The fourth-order valence-electron chi connectivity index (χ4n) is 2.71. The van der Waals surface area contributed by atoms with Crippen molar-refractivity contribution in [3.05, 3.63) is 29.8 Å². The Hall–Kier alpha value is -1.02. The monoisotopic (exact) mass is 218 g/mol. The summed E-state index contributed by atoms with van der Waals surface area (Å²) >= 11 is 0. The first kappa shape index (κ1) is 11.5. The predicted octanol–water partition coefficient (Wildman–Crippen LogP) is 2.70. The van der Waals surface area contributed by atoms with E-state index < -0.39 is 0 Å². The Bertz CT molecular complexity index is 365. The third-order valence-electron chi connectivity index (χ3n) is 3.54. The molecule has 0 saturated carbocycles. The highest BCUT2D eigenvalue weighted by atomic mass is 15.2. The Morgan fingerprint density at radius 2 is 2.00 bits per heavy atom. The molecule has 1 aromatic rings. The van der Waals surface area contributed by atoms with Gasteiger partial charge in [-0.25, -0.2) is 0 Å². The molecule has 1 fully saturated rings. The molecule has 2 rings (SSSR count). The summed E-state index contributed by atoms with van der Waals surface area (Å²) in [6.07, 6.45) is 2.46. The highest BCUT2D eigenvalue weighted by molar-refractivity contribution is 5.55. The Labute approximate surface area is 98.4 Å². The topological polar surface area (TPSA) is 29.3 Å². The van der Waals surface area contributed by atoms with Gasteiger partial charge in [0.25, 0.3) is 0 Å². The van der Waals surface area contributed by atoms with E-state index in [9.17, 15) is 0 Å². The summed E-state index contributed by atoms with van der Waals surface area (Å²) in [4.78, 5) is 2.48. The van der Waals surface area contributed by atoms with Gasteiger partial charge in [0.15, 0.2) is 0 Å². The molecule has 16 heavy (non-hydrogen) atoms. The molecule has 1 unspecified atom stereocenters. The highest BCUT2D eigenvalue weighted by Gasteiger charge is 2.35. The molecule has 0 amide bonds. The van der Waals surface area contributed by atoms with E-state index in [0.717, 1.165) is 6.54 Å². The lowest BCUT2D eigenvalue weighted by molar-refractivity contribution is 0.408. The minimum atomic E-state index is -0.126. The number of anilines is 1. The van der Waals surface area contributed by atoms with Crippen molar-refractivity contribution in [1.29, 1.82) is 0 Å². The lowest BCUT2D eigenvalue weighted by Gasteiger charge is -2.37. The minimum Gasteiger partial charge on any atom is -0.367 e. The molecule has 0 bridgehead atoms. The van der Waals surface area contributed by atoms with Gasteiger partial charge in [-0.1, -0.05) is 18.2 Å². The van der Waals surface area contributed by atoms with Gasteiger partial charge in [0.2, 0.25) is 0 Å². The Kier molecular flexibility index (Phi) is 2.94. The van der Waals surface area contributed by atoms with Crippen LogP contribution >= 0.6 is 0 Å². The Morgan fingerprint density at radius 1 is 1.31 bits per heavy atom. The largest absolute Gasteiger partial charge is 0.367 e. The molecule has 1 aromatic carbocycles. The van der Waals surface area contributed by atoms with Crippen molar-refractivity contribution in [2.24, 2.45) is 5.73 Å². The highest BCUT2D eigenvalue weighted by Crippen LogP contribution is 2.32. The first-order valence-electron chi connectivity index (χ1n) is 6.11. The molecule has 88 valence electrons. The lowest BCUT2D eigenvalue weighted by Crippen LogP contribution is -2.52. The molecule has 1 aliphatic heterocycles. The Morgan fingerprint density at radius 3 is 2.62 bits per heavy atom. The van der Waals surface area contributed by atoms with E-state index in [2.05, 4.69) is 49.9 Å². The maximum absolute atomic E-state index is 6.28. The van der Waals surface area contributed by atoms with E-state index in [1.807, 2.05) is 0 Å². The second-order valence-corrected chi connectivity index (χ2v) is 5.46. The zero-order chi connectivity index (χ0) is 11.8. The maximum Gasteiger partial charge on any atom is 0.0465 e. The first-order chi connectivity index (χ1) is 7.50. The van der Waals surface area contributed by atoms with Gasteiger partial charge in [-0.3, -0.25) is 0 Å². The quantitative estimate of drug-likeness (QED) is 0.827. The molecular formula is C14H22N2. The number of para-hydroxylation sites is 1. The lowest BCUT2D eigenvalue weighted by atomic mass is 9.93. The molecule has 1 atom stereocenters. The van der Waals surface area contributed by atoms with Gasteiger partial charge in [-0.15, -0.1) is 0 Å². The van der Waals surface area contributed by atoms with Crippen LogP contribution < -0.4 is 10.6 Å². The second kappa shape index (κ2) is 4.10. The number of nitrogens with two attached hydrogens (primary N) is 1. The van der Waals surface area contributed by atoms with Crippen LogP contribution in [0, 0.1) is 6.92 Å². The van der Waals surface area contributed by atoms with Crippen LogP contribution in [-0.4, -0.2) is 18.1 Å². The average molecular weight is 218 g/mol.